The number of carbonyl (C=O) groups excluding carboxylic acids is 1. The van der Waals surface area contributed by atoms with E-state index >= 15 is 0 Å². The van der Waals surface area contributed by atoms with Gasteiger partial charge in [-0.3, -0.25) is 4.79 Å². The van der Waals surface area contributed by atoms with E-state index in [0.29, 0.717) is 0 Å². The summed E-state index contributed by atoms with van der Waals surface area (Å²) in [5.41, 5.74) is 5.76. The van der Waals surface area contributed by atoms with Gasteiger partial charge in [0.1, 0.15) is 5.76 Å². The maximum Gasteiger partial charge on any atom is 0.336 e. The molecule has 0 aliphatic carbocycles. The highest BCUT2D eigenvalue weighted by atomic mass is 16.4. The van der Waals surface area contributed by atoms with E-state index in [1.807, 2.05) is 0 Å². The average molecular weight is 247 g/mol. The second kappa shape index (κ2) is 4.75. The van der Waals surface area contributed by atoms with Crippen LogP contribution in [0.4, 0.5) is 0 Å². The Morgan fingerprint density at radius 2 is 1.56 bits per heavy atom. The lowest BCUT2D eigenvalue weighted by Crippen LogP contribution is -2.10. The smallest absolute Gasteiger partial charge is 0.336 e. The highest BCUT2D eigenvalue weighted by molar-refractivity contribution is 6.03. The zero-order chi connectivity index (χ0) is 14.0. The number of ketones is 1. The fourth-order valence-corrected chi connectivity index (χ4v) is 1.57. The first-order valence-electron chi connectivity index (χ1n) is 5.01. The molecule has 0 spiro atoms. The van der Waals surface area contributed by atoms with Crippen LogP contribution in [0, 0.1) is 0 Å². The molecule has 0 aromatic heterocycles. The monoisotopic (exact) mass is 247 g/mol. The van der Waals surface area contributed by atoms with Crippen molar-refractivity contribution in [2.24, 2.45) is 5.73 Å². The highest BCUT2D eigenvalue weighted by Crippen LogP contribution is 2.25. The lowest BCUT2D eigenvalue weighted by molar-refractivity contribution is 0.0696. The molecule has 0 saturated carbocycles. The molecule has 0 unspecified atom stereocenters. The van der Waals surface area contributed by atoms with Crippen molar-refractivity contribution in [1.29, 1.82) is 0 Å². The van der Waals surface area contributed by atoms with Gasteiger partial charge in [0.05, 0.1) is 5.56 Å². The van der Waals surface area contributed by atoms with Crippen LogP contribution < -0.4 is 5.73 Å². The number of benzene rings is 1. The summed E-state index contributed by atoms with van der Waals surface area (Å²) in [4.78, 5) is 22.5. The molecule has 0 saturated heterocycles. The predicted octanol–water partition coefficient (Wildman–Crippen LogP) is 2.05. The fraction of sp³-hybridized carbons (Fsp3) is 0.0769. The summed E-state index contributed by atoms with van der Waals surface area (Å²) < 4.78 is 0. The van der Waals surface area contributed by atoms with E-state index < -0.39 is 5.97 Å². The van der Waals surface area contributed by atoms with Gasteiger partial charge in [0, 0.05) is 22.4 Å². The number of carboxylic acid groups (broad SMARTS) is 1. The molecule has 1 aromatic rings. The molecular formula is C13H13NO4. The Labute approximate surface area is 104 Å². The van der Waals surface area contributed by atoms with Crippen LogP contribution in [-0.2, 0) is 0 Å². The number of carboxylic acids is 1. The number of carbonyl (C=O) groups is 2. The van der Waals surface area contributed by atoms with Gasteiger partial charge in [0.25, 0.3) is 0 Å². The van der Waals surface area contributed by atoms with Crippen LogP contribution in [0.1, 0.15) is 38.8 Å². The second-order valence-corrected chi connectivity index (χ2v) is 3.78. The van der Waals surface area contributed by atoms with Gasteiger partial charge in [-0.25, -0.2) is 4.79 Å². The topological polar surface area (TPSA) is 101 Å². The van der Waals surface area contributed by atoms with Gasteiger partial charge in [-0.1, -0.05) is 13.2 Å². The molecule has 0 fully saturated rings. The molecule has 1 aromatic carbocycles. The zero-order valence-corrected chi connectivity index (χ0v) is 9.86. The van der Waals surface area contributed by atoms with Gasteiger partial charge in [-0.05, 0) is 19.1 Å². The molecule has 94 valence electrons. The first kappa shape index (κ1) is 13.5. The summed E-state index contributed by atoms with van der Waals surface area (Å²) in [6, 6.07) is 2.46. The van der Waals surface area contributed by atoms with E-state index in [1.54, 1.807) is 0 Å². The third-order valence-corrected chi connectivity index (χ3v) is 2.42. The summed E-state index contributed by atoms with van der Waals surface area (Å²) >= 11 is 0. The second-order valence-electron chi connectivity index (χ2n) is 3.78. The average Bonchev–Trinajstić information content (AvgIpc) is 2.26. The Morgan fingerprint density at radius 1 is 1.06 bits per heavy atom. The summed E-state index contributed by atoms with van der Waals surface area (Å²) in [5, 5.41) is 18.5. The van der Waals surface area contributed by atoms with Crippen LogP contribution in [0.15, 0.2) is 25.3 Å². The fourth-order valence-electron chi connectivity index (χ4n) is 1.57. The van der Waals surface area contributed by atoms with Gasteiger partial charge in [-0.15, -0.1) is 0 Å². The van der Waals surface area contributed by atoms with Gasteiger partial charge < -0.3 is 15.9 Å². The van der Waals surface area contributed by atoms with Gasteiger partial charge >= 0.3 is 5.97 Å². The number of aliphatic hydroxyl groups is 1. The van der Waals surface area contributed by atoms with Crippen LogP contribution in [-0.4, -0.2) is 22.0 Å². The predicted molar refractivity (Wildman–Crippen MR) is 68.3 cm³/mol. The van der Waals surface area contributed by atoms with Crippen molar-refractivity contribution in [2.45, 2.75) is 6.92 Å². The quantitative estimate of drug-likeness (QED) is 0.558. The maximum absolute atomic E-state index is 11.4. The SMILES string of the molecule is C=C(N)c1cc(C(=C)O)c(C(C)=O)cc1C(=O)O. The van der Waals surface area contributed by atoms with Crippen LogP contribution >= 0.6 is 0 Å². The lowest BCUT2D eigenvalue weighted by Gasteiger charge is -2.12. The van der Waals surface area contributed by atoms with E-state index in [-0.39, 0.29) is 39.5 Å². The number of hydrogen-bond donors (Lipinski definition) is 3. The van der Waals surface area contributed by atoms with Gasteiger partial charge in [0.15, 0.2) is 5.78 Å². The number of aliphatic hydroxyl groups excluding tert-OH is 1. The molecule has 4 N–H and O–H groups in total. The Kier molecular flexibility index (Phi) is 3.56. The molecule has 18 heavy (non-hydrogen) atoms. The number of Topliss-reactive ketones (excluding diaryl/α,β-unsaturated/α-hetero) is 1. The molecule has 0 aliphatic heterocycles. The van der Waals surface area contributed by atoms with Crippen molar-refractivity contribution in [1.82, 2.24) is 0 Å². The standard InChI is InChI=1S/C13H13NO4/c1-6(14)9-4-10(7(2)15)11(8(3)16)5-12(9)13(17)18/h4-5,15H,1-2,14H2,3H3,(H,17,18). The van der Waals surface area contributed by atoms with Crippen molar-refractivity contribution < 1.29 is 19.8 Å². The van der Waals surface area contributed by atoms with Crippen LogP contribution in [0.2, 0.25) is 0 Å². The molecule has 0 aliphatic rings. The Bertz CT molecular complexity index is 474. The lowest BCUT2D eigenvalue weighted by atomic mass is 9.94. The van der Waals surface area contributed by atoms with E-state index in [4.69, 9.17) is 10.8 Å². The Morgan fingerprint density at radius 3 is 1.89 bits per heavy atom. The summed E-state index contributed by atoms with van der Waals surface area (Å²) in [7, 11) is 0. The normalized spacial score (nSPS) is 9.83. The van der Waals surface area contributed by atoms with Crippen molar-refractivity contribution >= 4 is 23.2 Å². The van der Waals surface area contributed by atoms with Crippen LogP contribution in [0.25, 0.3) is 11.5 Å². The zero-order valence-electron chi connectivity index (χ0n) is 9.86. The summed E-state index contributed by atoms with van der Waals surface area (Å²) in [6.45, 7) is 8.06. The first-order chi connectivity index (χ1) is 8.25. The minimum Gasteiger partial charge on any atom is -0.508 e. The molecule has 5 heteroatoms. The highest BCUT2D eigenvalue weighted by Gasteiger charge is 2.19. The van der Waals surface area contributed by atoms with E-state index in [0.717, 1.165) is 6.07 Å². The largest absolute Gasteiger partial charge is 0.508 e. The molecule has 0 amide bonds. The first-order valence-corrected chi connectivity index (χ1v) is 5.01. The number of hydrogen-bond acceptors (Lipinski definition) is 4. The van der Waals surface area contributed by atoms with Crippen molar-refractivity contribution in [3.8, 4) is 0 Å². The third kappa shape index (κ3) is 2.40. The van der Waals surface area contributed by atoms with Crippen molar-refractivity contribution in [2.75, 3.05) is 0 Å². The minimum atomic E-state index is -1.23. The Balaban J connectivity index is 3.71. The molecular weight excluding hydrogens is 234 g/mol. The van der Waals surface area contributed by atoms with Gasteiger partial charge in [-0.2, -0.15) is 0 Å². The van der Waals surface area contributed by atoms with Crippen LogP contribution in [0.3, 0.4) is 0 Å². The van der Waals surface area contributed by atoms with Crippen LogP contribution in [0.5, 0.6) is 0 Å². The number of nitrogens with two attached hydrogens (primary N) is 1. The molecule has 0 bridgehead atoms. The maximum atomic E-state index is 11.4. The third-order valence-electron chi connectivity index (χ3n) is 2.42. The minimum absolute atomic E-state index is 0.0324. The summed E-state index contributed by atoms with van der Waals surface area (Å²) in [5.74, 6) is -1.94. The molecule has 5 nitrogen and oxygen atoms in total. The van der Waals surface area contributed by atoms with E-state index in [9.17, 15) is 14.7 Å². The van der Waals surface area contributed by atoms with E-state index in [2.05, 4.69) is 13.2 Å². The molecule has 0 radical (unpaired) electrons. The van der Waals surface area contributed by atoms with Crippen molar-refractivity contribution in [3.63, 3.8) is 0 Å². The number of aromatic carboxylic acids is 1. The molecule has 1 rings (SSSR count). The molecule has 0 atom stereocenters. The van der Waals surface area contributed by atoms with Crippen molar-refractivity contribution in [3.05, 3.63) is 47.5 Å². The van der Waals surface area contributed by atoms with Gasteiger partial charge in [0.2, 0.25) is 0 Å². The van der Waals surface area contributed by atoms with E-state index in [1.165, 1.54) is 13.0 Å². The molecule has 0 heterocycles. The number of rotatable bonds is 4. The Hall–Kier alpha value is -2.56. The summed E-state index contributed by atoms with van der Waals surface area (Å²) in [6.07, 6.45) is 0.